The Morgan fingerprint density at radius 1 is 1.19 bits per heavy atom. The first-order chi connectivity index (χ1) is 12.0. The Bertz CT molecular complexity index is 948. The van der Waals surface area contributed by atoms with Gasteiger partial charge in [-0.25, -0.2) is 8.42 Å². The lowest BCUT2D eigenvalue weighted by atomic mass is 10.2. The summed E-state index contributed by atoms with van der Waals surface area (Å²) in [6.45, 7) is 1.18. The van der Waals surface area contributed by atoms with E-state index in [4.69, 9.17) is 11.6 Å². The summed E-state index contributed by atoms with van der Waals surface area (Å²) in [5, 5.41) is 10.6. The van der Waals surface area contributed by atoms with Crippen LogP contribution in [0.3, 0.4) is 0 Å². The average Bonchev–Trinajstić information content (AvgIpc) is 2.56. The molecule has 0 radical (unpaired) electrons. The molecule has 2 aromatic rings. The van der Waals surface area contributed by atoms with Crippen LogP contribution in [0.1, 0.15) is 12.5 Å². The third kappa shape index (κ3) is 3.91. The lowest BCUT2D eigenvalue weighted by molar-refractivity contribution is -0.385. The molecule has 0 fully saturated rings. The summed E-state index contributed by atoms with van der Waals surface area (Å²) in [7, 11) is -4.37. The zero-order chi connectivity index (χ0) is 19.7. The molecule has 0 amide bonds. The number of nitro benzene ring substituents is 1. The van der Waals surface area contributed by atoms with Crippen molar-refractivity contribution in [1.29, 1.82) is 0 Å². The van der Waals surface area contributed by atoms with Gasteiger partial charge in [-0.15, -0.1) is 0 Å². The van der Waals surface area contributed by atoms with Crippen LogP contribution in [0, 0.1) is 10.1 Å². The lowest BCUT2D eigenvalue weighted by Crippen LogP contribution is -2.31. The van der Waals surface area contributed by atoms with Crippen molar-refractivity contribution < 1.29 is 26.5 Å². The van der Waals surface area contributed by atoms with Crippen LogP contribution in [0.15, 0.2) is 47.4 Å². The first-order valence-corrected chi connectivity index (χ1v) is 8.94. The van der Waals surface area contributed by atoms with Crippen molar-refractivity contribution >= 4 is 33.0 Å². The van der Waals surface area contributed by atoms with Crippen LogP contribution in [-0.4, -0.2) is 19.9 Å². The number of halogens is 4. The van der Waals surface area contributed by atoms with Gasteiger partial charge in [0.25, 0.3) is 15.7 Å². The number of sulfonamides is 1. The van der Waals surface area contributed by atoms with Gasteiger partial charge in [0.15, 0.2) is 0 Å². The minimum Gasteiger partial charge on any atom is -0.265 e. The number of nitrogens with zero attached hydrogens (tertiary/aromatic N) is 2. The van der Waals surface area contributed by atoms with Gasteiger partial charge in [0, 0.05) is 18.7 Å². The van der Waals surface area contributed by atoms with Crippen molar-refractivity contribution in [3.8, 4) is 0 Å². The summed E-state index contributed by atoms with van der Waals surface area (Å²) >= 11 is 5.91. The van der Waals surface area contributed by atoms with Crippen LogP contribution in [0.4, 0.5) is 24.5 Å². The van der Waals surface area contributed by atoms with Crippen molar-refractivity contribution in [3.63, 3.8) is 0 Å². The molecule has 6 nitrogen and oxygen atoms in total. The second-order valence-electron chi connectivity index (χ2n) is 5.09. The Balaban J connectivity index is 2.61. The predicted octanol–water partition coefficient (Wildman–Crippen LogP) is 4.48. The Hall–Kier alpha value is -2.33. The normalized spacial score (nSPS) is 12.0. The van der Waals surface area contributed by atoms with Gasteiger partial charge in [-0.05, 0) is 31.2 Å². The van der Waals surface area contributed by atoms with E-state index in [0.717, 1.165) is 30.3 Å². The van der Waals surface area contributed by atoms with Gasteiger partial charge in [0.1, 0.15) is 0 Å². The van der Waals surface area contributed by atoms with E-state index in [0.29, 0.717) is 10.4 Å². The van der Waals surface area contributed by atoms with Crippen LogP contribution in [0.2, 0.25) is 5.02 Å². The van der Waals surface area contributed by atoms with Gasteiger partial charge in [-0.2, -0.15) is 13.2 Å². The number of hydrogen-bond donors (Lipinski definition) is 0. The highest BCUT2D eigenvalue weighted by molar-refractivity contribution is 7.92. The molecular weight excluding hydrogens is 397 g/mol. The summed E-state index contributed by atoms with van der Waals surface area (Å²) in [4.78, 5) is 9.65. The zero-order valence-electron chi connectivity index (χ0n) is 13.2. The van der Waals surface area contributed by atoms with E-state index < -0.39 is 37.3 Å². The van der Waals surface area contributed by atoms with Crippen LogP contribution in [0.25, 0.3) is 0 Å². The van der Waals surface area contributed by atoms with Crippen molar-refractivity contribution in [1.82, 2.24) is 0 Å². The minimum atomic E-state index is -4.69. The summed E-state index contributed by atoms with van der Waals surface area (Å²) < 4.78 is 65.1. The molecule has 2 aromatic carbocycles. The van der Waals surface area contributed by atoms with Crippen molar-refractivity contribution in [2.75, 3.05) is 10.8 Å². The van der Waals surface area contributed by atoms with E-state index in [-0.39, 0.29) is 17.3 Å². The highest BCUT2D eigenvalue weighted by Crippen LogP contribution is 2.37. The standard InChI is InChI=1S/C15H12ClF3N2O4S/c1-2-20(14-8-10(15(17,18)19)6-7-13(14)16)26(24,25)12-5-3-4-11(9-12)21(22)23/h3-9H,2H2,1H3. The summed E-state index contributed by atoms with van der Waals surface area (Å²) in [6, 6.07) is 6.54. The minimum absolute atomic E-state index is 0.200. The fraction of sp³-hybridized carbons (Fsp3) is 0.200. The van der Waals surface area contributed by atoms with Crippen LogP contribution < -0.4 is 4.31 Å². The molecule has 0 heterocycles. The number of rotatable bonds is 5. The molecule has 0 spiro atoms. The molecule has 26 heavy (non-hydrogen) atoms. The summed E-state index contributed by atoms with van der Waals surface area (Å²) in [5.41, 5.74) is -1.89. The molecule has 0 unspecified atom stereocenters. The highest BCUT2D eigenvalue weighted by Gasteiger charge is 2.33. The smallest absolute Gasteiger partial charge is 0.265 e. The summed E-state index contributed by atoms with van der Waals surface area (Å²) in [6.07, 6.45) is -4.69. The molecule has 0 saturated heterocycles. The van der Waals surface area contributed by atoms with Gasteiger partial charge < -0.3 is 0 Å². The Kier molecular flexibility index (Phi) is 5.47. The second-order valence-corrected chi connectivity index (χ2v) is 7.36. The maximum atomic E-state index is 12.9. The van der Waals surface area contributed by atoms with E-state index in [1.165, 1.54) is 13.0 Å². The molecule has 2 rings (SSSR count). The number of anilines is 1. The van der Waals surface area contributed by atoms with Gasteiger partial charge in [0.2, 0.25) is 0 Å². The van der Waals surface area contributed by atoms with Crippen LogP contribution >= 0.6 is 11.6 Å². The van der Waals surface area contributed by atoms with E-state index in [1.807, 2.05) is 0 Å². The molecule has 11 heteroatoms. The topological polar surface area (TPSA) is 80.5 Å². The molecule has 0 aliphatic carbocycles. The first-order valence-electron chi connectivity index (χ1n) is 7.12. The first kappa shape index (κ1) is 20.0. The van der Waals surface area contributed by atoms with E-state index in [9.17, 15) is 31.7 Å². The predicted molar refractivity (Wildman–Crippen MR) is 89.8 cm³/mol. The Labute approximate surface area is 152 Å². The average molecular weight is 409 g/mol. The van der Waals surface area contributed by atoms with Crippen molar-refractivity contribution in [2.24, 2.45) is 0 Å². The maximum Gasteiger partial charge on any atom is 0.416 e. The fourth-order valence-corrected chi connectivity index (χ4v) is 4.03. The van der Waals surface area contributed by atoms with Crippen LogP contribution in [-0.2, 0) is 16.2 Å². The van der Waals surface area contributed by atoms with Gasteiger partial charge in [-0.1, -0.05) is 17.7 Å². The van der Waals surface area contributed by atoms with Gasteiger partial charge in [-0.3, -0.25) is 14.4 Å². The van der Waals surface area contributed by atoms with Gasteiger partial charge in [0.05, 0.1) is 26.1 Å². The fourth-order valence-electron chi connectivity index (χ4n) is 2.23. The molecule has 0 atom stereocenters. The molecule has 0 saturated carbocycles. The molecule has 0 bridgehead atoms. The van der Waals surface area contributed by atoms with E-state index in [2.05, 4.69) is 0 Å². The van der Waals surface area contributed by atoms with Crippen LogP contribution in [0.5, 0.6) is 0 Å². The molecule has 0 aromatic heterocycles. The monoisotopic (exact) mass is 408 g/mol. The molecule has 0 N–H and O–H groups in total. The number of benzene rings is 2. The van der Waals surface area contributed by atoms with Crippen molar-refractivity contribution in [3.05, 3.63) is 63.2 Å². The zero-order valence-corrected chi connectivity index (χ0v) is 14.8. The molecule has 140 valence electrons. The van der Waals surface area contributed by atoms with E-state index >= 15 is 0 Å². The SMILES string of the molecule is CCN(c1cc(C(F)(F)F)ccc1Cl)S(=O)(=O)c1cccc([N+](=O)[O-])c1. The quantitative estimate of drug-likeness (QED) is 0.539. The second kappa shape index (κ2) is 7.12. The molecule has 0 aliphatic rings. The van der Waals surface area contributed by atoms with Gasteiger partial charge >= 0.3 is 6.18 Å². The number of hydrogen-bond acceptors (Lipinski definition) is 4. The molecule has 0 aliphatic heterocycles. The third-order valence-electron chi connectivity index (χ3n) is 3.45. The molecular formula is C15H12ClF3N2O4S. The maximum absolute atomic E-state index is 12.9. The lowest BCUT2D eigenvalue weighted by Gasteiger charge is -2.24. The van der Waals surface area contributed by atoms with E-state index in [1.54, 1.807) is 0 Å². The third-order valence-corrected chi connectivity index (χ3v) is 5.65. The number of non-ortho nitro benzene ring substituents is 1. The summed E-state index contributed by atoms with van der Waals surface area (Å²) in [5.74, 6) is 0. The highest BCUT2D eigenvalue weighted by atomic mass is 35.5. The largest absolute Gasteiger partial charge is 0.416 e. The van der Waals surface area contributed by atoms with Crippen molar-refractivity contribution in [2.45, 2.75) is 18.0 Å². The number of alkyl halides is 3. The Morgan fingerprint density at radius 3 is 2.38 bits per heavy atom. The Morgan fingerprint density at radius 2 is 1.85 bits per heavy atom. The number of nitro groups is 1.